The van der Waals surface area contributed by atoms with Crippen molar-refractivity contribution >= 4 is 28.8 Å². The molecule has 1 N–H and O–H groups in total. The van der Waals surface area contributed by atoms with E-state index in [4.69, 9.17) is 4.74 Å². The van der Waals surface area contributed by atoms with Crippen molar-refractivity contribution in [2.24, 2.45) is 0 Å². The van der Waals surface area contributed by atoms with Gasteiger partial charge in [-0.1, -0.05) is 43.3 Å². The molecule has 4 rings (SSSR count). The van der Waals surface area contributed by atoms with Crippen LogP contribution in [0.15, 0.2) is 84.4 Å². The summed E-state index contributed by atoms with van der Waals surface area (Å²) in [6.45, 7) is 2.49. The zero-order valence-corrected chi connectivity index (χ0v) is 18.4. The number of carbonyl (C=O) groups excluding carboxylic acids is 2. The zero-order valence-electron chi connectivity index (χ0n) is 18.4. The van der Waals surface area contributed by atoms with Gasteiger partial charge in [0.05, 0.1) is 23.1 Å². The monoisotopic (exact) mass is 458 g/mol. The van der Waals surface area contributed by atoms with Gasteiger partial charge in [-0.25, -0.2) is 0 Å². The van der Waals surface area contributed by atoms with Crippen molar-refractivity contribution in [3.8, 4) is 5.75 Å². The molecule has 34 heavy (non-hydrogen) atoms. The van der Waals surface area contributed by atoms with Crippen molar-refractivity contribution in [1.82, 2.24) is 0 Å². The van der Waals surface area contributed by atoms with Crippen molar-refractivity contribution in [1.29, 1.82) is 0 Å². The van der Waals surface area contributed by atoms with Crippen LogP contribution in [0.5, 0.6) is 5.75 Å². The van der Waals surface area contributed by atoms with Crippen molar-refractivity contribution in [2.45, 2.75) is 19.4 Å². The van der Waals surface area contributed by atoms with E-state index < -0.39 is 28.4 Å². The standard InChI is InChI=1S/C26H22N2O6/c1-2-15-34-21-10-6-9-20(16-21)27-23(17-7-4-3-5-8-17)22(25(30)26(27)31)24(29)18-11-13-19(14-12-18)28(32)33/h3-14,16,23,29H,2,15H2,1H3/b24-22+. The van der Waals surface area contributed by atoms with Gasteiger partial charge < -0.3 is 9.84 Å². The summed E-state index contributed by atoms with van der Waals surface area (Å²) in [5.41, 5.74) is 1.03. The number of hydrogen-bond acceptors (Lipinski definition) is 6. The predicted molar refractivity (Wildman–Crippen MR) is 127 cm³/mol. The summed E-state index contributed by atoms with van der Waals surface area (Å²) < 4.78 is 5.69. The summed E-state index contributed by atoms with van der Waals surface area (Å²) in [5, 5.41) is 22.1. The first-order chi connectivity index (χ1) is 16.4. The van der Waals surface area contributed by atoms with Crippen LogP contribution in [0.25, 0.3) is 5.76 Å². The van der Waals surface area contributed by atoms with E-state index in [2.05, 4.69) is 0 Å². The molecule has 172 valence electrons. The molecule has 1 saturated heterocycles. The molecule has 1 aliphatic heterocycles. The molecule has 1 unspecified atom stereocenters. The number of non-ortho nitro benzene ring substituents is 1. The second-order valence-electron chi connectivity index (χ2n) is 7.73. The lowest BCUT2D eigenvalue weighted by Crippen LogP contribution is -2.29. The van der Waals surface area contributed by atoms with Gasteiger partial charge in [0.2, 0.25) is 0 Å². The van der Waals surface area contributed by atoms with Crippen LogP contribution in [-0.4, -0.2) is 28.3 Å². The molecule has 1 aliphatic rings. The predicted octanol–water partition coefficient (Wildman–Crippen LogP) is 5.01. The lowest BCUT2D eigenvalue weighted by Gasteiger charge is -2.25. The molecular weight excluding hydrogens is 436 g/mol. The highest BCUT2D eigenvalue weighted by Gasteiger charge is 2.47. The first kappa shape index (κ1) is 22.7. The molecule has 8 heteroatoms. The van der Waals surface area contributed by atoms with Crippen LogP contribution in [0.3, 0.4) is 0 Å². The minimum atomic E-state index is -0.891. The lowest BCUT2D eigenvalue weighted by molar-refractivity contribution is -0.384. The molecule has 0 radical (unpaired) electrons. The van der Waals surface area contributed by atoms with Crippen molar-refractivity contribution in [2.75, 3.05) is 11.5 Å². The fourth-order valence-corrected chi connectivity index (χ4v) is 3.89. The maximum Gasteiger partial charge on any atom is 0.300 e. The molecule has 3 aromatic rings. The molecular formula is C26H22N2O6. The number of ether oxygens (including phenoxy) is 1. The Morgan fingerprint density at radius 2 is 1.74 bits per heavy atom. The molecule has 0 aromatic heterocycles. The number of amides is 1. The quantitative estimate of drug-likeness (QED) is 0.175. The van der Waals surface area contributed by atoms with Gasteiger partial charge in [-0.2, -0.15) is 0 Å². The average Bonchev–Trinajstić information content (AvgIpc) is 3.13. The van der Waals surface area contributed by atoms with Crippen LogP contribution in [0.1, 0.15) is 30.5 Å². The molecule has 1 heterocycles. The minimum absolute atomic E-state index is 0.0927. The van der Waals surface area contributed by atoms with Gasteiger partial charge >= 0.3 is 0 Å². The number of rotatable bonds is 7. The van der Waals surface area contributed by atoms with Gasteiger partial charge in [0.25, 0.3) is 17.4 Å². The molecule has 1 atom stereocenters. The Morgan fingerprint density at radius 1 is 1.03 bits per heavy atom. The Morgan fingerprint density at radius 3 is 2.38 bits per heavy atom. The Labute approximate surface area is 195 Å². The van der Waals surface area contributed by atoms with Gasteiger partial charge in [0, 0.05) is 29.4 Å². The molecule has 0 aliphatic carbocycles. The number of anilines is 1. The number of hydrogen-bond donors (Lipinski definition) is 1. The zero-order chi connectivity index (χ0) is 24.2. The van der Waals surface area contributed by atoms with Crippen molar-refractivity contribution < 1.29 is 24.4 Å². The Kier molecular flexibility index (Phi) is 6.40. The van der Waals surface area contributed by atoms with E-state index in [1.807, 2.05) is 13.0 Å². The van der Waals surface area contributed by atoms with Gasteiger partial charge in [0.15, 0.2) is 0 Å². The third kappa shape index (κ3) is 4.25. The highest BCUT2D eigenvalue weighted by molar-refractivity contribution is 6.51. The first-order valence-electron chi connectivity index (χ1n) is 10.8. The maximum absolute atomic E-state index is 13.2. The fourth-order valence-electron chi connectivity index (χ4n) is 3.89. The van der Waals surface area contributed by atoms with Gasteiger partial charge in [-0.15, -0.1) is 0 Å². The molecule has 0 spiro atoms. The molecule has 1 amide bonds. The van der Waals surface area contributed by atoms with E-state index >= 15 is 0 Å². The van der Waals surface area contributed by atoms with Crippen molar-refractivity contribution in [3.63, 3.8) is 0 Å². The molecule has 0 bridgehead atoms. The number of Topliss-reactive ketones (excluding diaryl/α,β-unsaturated/α-hetero) is 1. The Bertz CT molecular complexity index is 1270. The second-order valence-corrected chi connectivity index (χ2v) is 7.73. The summed E-state index contributed by atoms with van der Waals surface area (Å²) in [7, 11) is 0. The Hall–Kier alpha value is -4.46. The van der Waals surface area contributed by atoms with Crippen LogP contribution in [0, 0.1) is 10.1 Å². The number of carbonyl (C=O) groups is 2. The second kappa shape index (κ2) is 9.58. The maximum atomic E-state index is 13.2. The topological polar surface area (TPSA) is 110 Å². The third-order valence-electron chi connectivity index (χ3n) is 5.48. The smallest absolute Gasteiger partial charge is 0.300 e. The SMILES string of the molecule is CCCOc1cccc(N2C(=O)C(=O)/C(=C(/O)c3ccc([N+](=O)[O-])cc3)C2c2ccccc2)c1. The number of benzene rings is 3. The molecule has 8 nitrogen and oxygen atoms in total. The number of ketones is 1. The lowest BCUT2D eigenvalue weighted by atomic mass is 9.95. The summed E-state index contributed by atoms with van der Waals surface area (Å²) in [6, 6.07) is 20.1. The highest BCUT2D eigenvalue weighted by atomic mass is 16.6. The fraction of sp³-hybridized carbons (Fsp3) is 0.154. The van der Waals surface area contributed by atoms with E-state index in [1.54, 1.807) is 48.5 Å². The van der Waals surface area contributed by atoms with Crippen LogP contribution in [-0.2, 0) is 9.59 Å². The molecule has 0 saturated carbocycles. The van der Waals surface area contributed by atoms with E-state index in [0.29, 0.717) is 23.6 Å². The van der Waals surface area contributed by atoms with E-state index in [1.165, 1.54) is 29.2 Å². The van der Waals surface area contributed by atoms with Crippen molar-refractivity contribution in [3.05, 3.63) is 106 Å². The normalized spacial score (nSPS) is 17.1. The number of aliphatic hydroxyl groups is 1. The number of nitrogens with zero attached hydrogens (tertiary/aromatic N) is 2. The van der Waals surface area contributed by atoms with E-state index in [9.17, 15) is 24.8 Å². The number of nitro benzene ring substituents is 1. The van der Waals surface area contributed by atoms with Crippen LogP contribution in [0.2, 0.25) is 0 Å². The van der Waals surface area contributed by atoms with Crippen LogP contribution < -0.4 is 9.64 Å². The van der Waals surface area contributed by atoms with E-state index in [0.717, 1.165) is 6.42 Å². The molecule has 3 aromatic carbocycles. The van der Waals surface area contributed by atoms with Gasteiger partial charge in [-0.3, -0.25) is 24.6 Å². The van der Waals surface area contributed by atoms with Gasteiger partial charge in [0.1, 0.15) is 11.5 Å². The van der Waals surface area contributed by atoms with E-state index in [-0.39, 0.29) is 16.8 Å². The molecule has 1 fully saturated rings. The highest BCUT2D eigenvalue weighted by Crippen LogP contribution is 2.42. The number of aliphatic hydroxyl groups excluding tert-OH is 1. The Balaban J connectivity index is 1.86. The summed E-state index contributed by atoms with van der Waals surface area (Å²) >= 11 is 0. The summed E-state index contributed by atoms with van der Waals surface area (Å²) in [5.74, 6) is -1.47. The first-order valence-corrected chi connectivity index (χ1v) is 10.8. The number of nitro groups is 1. The van der Waals surface area contributed by atoms with Crippen LogP contribution >= 0.6 is 0 Å². The minimum Gasteiger partial charge on any atom is -0.507 e. The van der Waals surface area contributed by atoms with Gasteiger partial charge in [-0.05, 0) is 36.2 Å². The summed E-state index contributed by atoms with van der Waals surface area (Å²) in [6.07, 6.45) is 0.813. The average molecular weight is 458 g/mol. The largest absolute Gasteiger partial charge is 0.507 e. The van der Waals surface area contributed by atoms with Crippen LogP contribution in [0.4, 0.5) is 11.4 Å². The third-order valence-corrected chi connectivity index (χ3v) is 5.48. The summed E-state index contributed by atoms with van der Waals surface area (Å²) in [4.78, 5) is 38.1.